The summed E-state index contributed by atoms with van der Waals surface area (Å²) in [5, 5.41) is -0.172. The molecular weight excluding hydrogens is 316 g/mol. The van der Waals surface area contributed by atoms with Gasteiger partial charge >= 0.3 is 0 Å². The molecule has 0 bridgehead atoms. The number of hydrogen-bond acceptors (Lipinski definition) is 2. The van der Waals surface area contributed by atoms with Crippen molar-refractivity contribution >= 4 is 27.5 Å². The molecule has 1 aliphatic rings. The zero-order chi connectivity index (χ0) is 13.3. The first kappa shape index (κ1) is 14.2. The Morgan fingerprint density at radius 3 is 2.78 bits per heavy atom. The van der Waals surface area contributed by atoms with Gasteiger partial charge in [-0.3, -0.25) is 0 Å². The van der Waals surface area contributed by atoms with Crippen molar-refractivity contribution in [2.75, 3.05) is 13.7 Å². The number of ether oxygens (including phenoxy) is 2. The van der Waals surface area contributed by atoms with E-state index in [-0.39, 0.29) is 11.5 Å². The van der Waals surface area contributed by atoms with Crippen LogP contribution in [0.5, 0.6) is 5.75 Å². The van der Waals surface area contributed by atoms with Gasteiger partial charge in [0.05, 0.1) is 18.6 Å². The second kappa shape index (κ2) is 5.81. The smallest absolute Gasteiger partial charge is 0.123 e. The average Bonchev–Trinajstić information content (AvgIpc) is 2.77. The van der Waals surface area contributed by atoms with Crippen molar-refractivity contribution in [3.63, 3.8) is 0 Å². The lowest BCUT2D eigenvalue weighted by atomic mass is 9.96. The minimum Gasteiger partial charge on any atom is -0.496 e. The van der Waals surface area contributed by atoms with E-state index in [1.807, 2.05) is 19.1 Å². The minimum absolute atomic E-state index is 0.0650. The molecule has 1 aromatic carbocycles. The molecule has 3 unspecified atom stereocenters. The van der Waals surface area contributed by atoms with Crippen molar-refractivity contribution in [3.05, 3.63) is 27.7 Å². The van der Waals surface area contributed by atoms with Gasteiger partial charge < -0.3 is 9.47 Å². The average molecular weight is 334 g/mol. The largest absolute Gasteiger partial charge is 0.496 e. The number of benzene rings is 1. The first-order chi connectivity index (χ1) is 8.54. The van der Waals surface area contributed by atoms with E-state index in [0.29, 0.717) is 5.92 Å². The maximum atomic E-state index is 6.59. The van der Waals surface area contributed by atoms with Crippen molar-refractivity contribution in [3.8, 4) is 5.75 Å². The highest BCUT2D eigenvalue weighted by molar-refractivity contribution is 9.10. The molecule has 1 aromatic rings. The van der Waals surface area contributed by atoms with Crippen LogP contribution in [-0.2, 0) is 4.74 Å². The highest BCUT2D eigenvalue weighted by atomic mass is 79.9. The third-order valence-corrected chi connectivity index (χ3v) is 4.88. The zero-order valence-electron chi connectivity index (χ0n) is 10.9. The van der Waals surface area contributed by atoms with E-state index in [1.165, 1.54) is 0 Å². The van der Waals surface area contributed by atoms with Gasteiger partial charge in [-0.15, -0.1) is 11.6 Å². The lowest BCUT2D eigenvalue weighted by Crippen LogP contribution is -2.20. The highest BCUT2D eigenvalue weighted by Crippen LogP contribution is 2.41. The van der Waals surface area contributed by atoms with E-state index in [2.05, 4.69) is 22.9 Å². The van der Waals surface area contributed by atoms with Crippen LogP contribution in [0.15, 0.2) is 16.6 Å². The molecule has 100 valence electrons. The molecule has 0 aromatic heterocycles. The number of aryl methyl sites for hydroxylation is 1. The fourth-order valence-corrected chi connectivity index (χ4v) is 3.18. The van der Waals surface area contributed by atoms with E-state index < -0.39 is 0 Å². The van der Waals surface area contributed by atoms with Gasteiger partial charge in [-0.1, -0.05) is 22.9 Å². The summed E-state index contributed by atoms with van der Waals surface area (Å²) in [6, 6.07) is 4.05. The lowest BCUT2D eigenvalue weighted by molar-refractivity contribution is 0.0897. The fourth-order valence-electron chi connectivity index (χ4n) is 2.33. The van der Waals surface area contributed by atoms with Crippen molar-refractivity contribution in [1.82, 2.24) is 0 Å². The number of methoxy groups -OCH3 is 1. The lowest BCUT2D eigenvalue weighted by Gasteiger charge is -2.23. The Morgan fingerprint density at radius 2 is 2.22 bits per heavy atom. The van der Waals surface area contributed by atoms with Crippen molar-refractivity contribution < 1.29 is 9.47 Å². The van der Waals surface area contributed by atoms with Crippen molar-refractivity contribution in [1.29, 1.82) is 0 Å². The summed E-state index contributed by atoms with van der Waals surface area (Å²) in [4.78, 5) is 0. The number of halogens is 2. The molecule has 0 N–H and O–H groups in total. The second-order valence-corrected chi connectivity index (χ2v) is 6.17. The summed E-state index contributed by atoms with van der Waals surface area (Å²) in [6.07, 6.45) is 1.14. The molecule has 0 aliphatic carbocycles. The SMILES string of the molecule is COc1cc(C)c(Br)cc1C(Cl)C1OCCC1C. The molecule has 18 heavy (non-hydrogen) atoms. The topological polar surface area (TPSA) is 18.5 Å². The van der Waals surface area contributed by atoms with E-state index in [1.54, 1.807) is 7.11 Å². The molecule has 2 rings (SSSR count). The monoisotopic (exact) mass is 332 g/mol. The Kier molecular flexibility index (Phi) is 4.57. The molecule has 0 amide bonds. The first-order valence-corrected chi connectivity index (χ1v) is 7.37. The summed E-state index contributed by atoms with van der Waals surface area (Å²) in [5.41, 5.74) is 2.13. The molecule has 1 aliphatic heterocycles. The summed E-state index contributed by atoms with van der Waals surface area (Å²) < 4.78 is 12.2. The predicted molar refractivity (Wildman–Crippen MR) is 77.5 cm³/mol. The van der Waals surface area contributed by atoms with Gasteiger partial charge in [0.1, 0.15) is 5.75 Å². The number of hydrogen-bond donors (Lipinski definition) is 0. The van der Waals surface area contributed by atoms with Crippen LogP contribution < -0.4 is 4.74 Å². The molecule has 0 radical (unpaired) electrons. The second-order valence-electron chi connectivity index (χ2n) is 4.85. The van der Waals surface area contributed by atoms with Gasteiger partial charge in [0.25, 0.3) is 0 Å². The molecule has 1 fully saturated rings. The normalized spacial score (nSPS) is 25.2. The molecule has 0 spiro atoms. The molecule has 1 saturated heterocycles. The van der Waals surface area contributed by atoms with Gasteiger partial charge in [-0.05, 0) is 37.0 Å². The molecule has 1 heterocycles. The van der Waals surface area contributed by atoms with Crippen LogP contribution in [0.4, 0.5) is 0 Å². The van der Waals surface area contributed by atoms with Crippen molar-refractivity contribution in [2.45, 2.75) is 31.7 Å². The molecule has 4 heteroatoms. The van der Waals surface area contributed by atoms with Crippen LogP contribution in [0, 0.1) is 12.8 Å². The van der Waals surface area contributed by atoms with E-state index in [9.17, 15) is 0 Å². The van der Waals surface area contributed by atoms with Crippen molar-refractivity contribution in [2.24, 2.45) is 5.92 Å². The zero-order valence-corrected chi connectivity index (χ0v) is 13.2. The Labute approximate surface area is 122 Å². The molecule has 2 nitrogen and oxygen atoms in total. The van der Waals surface area contributed by atoms with E-state index in [0.717, 1.165) is 34.4 Å². The van der Waals surface area contributed by atoms with Gasteiger partial charge in [0, 0.05) is 16.6 Å². The fraction of sp³-hybridized carbons (Fsp3) is 0.571. The van der Waals surface area contributed by atoms with Gasteiger partial charge in [0.2, 0.25) is 0 Å². The summed E-state index contributed by atoms with van der Waals surface area (Å²) in [6.45, 7) is 5.02. The quantitative estimate of drug-likeness (QED) is 0.760. The maximum Gasteiger partial charge on any atom is 0.123 e. The Balaban J connectivity index is 2.34. The third-order valence-electron chi connectivity index (χ3n) is 3.54. The van der Waals surface area contributed by atoms with E-state index >= 15 is 0 Å². The standard InChI is InChI=1S/C14H18BrClO2/c1-8-4-5-18-14(8)13(16)10-7-11(15)9(2)6-12(10)17-3/h6-8,13-14H,4-5H2,1-3H3. The highest BCUT2D eigenvalue weighted by Gasteiger charge is 2.33. The van der Waals surface area contributed by atoms with Gasteiger partial charge in [0.15, 0.2) is 0 Å². The minimum atomic E-state index is -0.172. The number of alkyl halides is 1. The molecular formula is C14H18BrClO2. The Morgan fingerprint density at radius 1 is 1.50 bits per heavy atom. The van der Waals surface area contributed by atoms with Crippen LogP contribution in [0.1, 0.15) is 29.8 Å². The summed E-state index contributed by atoms with van der Waals surface area (Å²) in [5.74, 6) is 1.32. The van der Waals surface area contributed by atoms with E-state index in [4.69, 9.17) is 21.1 Å². The van der Waals surface area contributed by atoms with Crippen LogP contribution in [-0.4, -0.2) is 19.8 Å². The van der Waals surface area contributed by atoms with Gasteiger partial charge in [-0.25, -0.2) is 0 Å². The molecule has 3 atom stereocenters. The predicted octanol–water partition coefficient (Wildman–Crippen LogP) is 4.47. The summed E-state index contributed by atoms with van der Waals surface area (Å²) >= 11 is 10.1. The Bertz CT molecular complexity index is 436. The molecule has 0 saturated carbocycles. The first-order valence-electron chi connectivity index (χ1n) is 6.14. The van der Waals surface area contributed by atoms with Gasteiger partial charge in [-0.2, -0.15) is 0 Å². The van der Waals surface area contributed by atoms with Crippen LogP contribution in [0.3, 0.4) is 0 Å². The summed E-state index contributed by atoms with van der Waals surface area (Å²) in [7, 11) is 1.68. The van der Waals surface area contributed by atoms with Crippen LogP contribution in [0.2, 0.25) is 0 Å². The number of rotatable bonds is 3. The Hall–Kier alpha value is -0.250. The van der Waals surface area contributed by atoms with Crippen LogP contribution >= 0.6 is 27.5 Å². The van der Waals surface area contributed by atoms with Crippen LogP contribution in [0.25, 0.3) is 0 Å². The third kappa shape index (κ3) is 2.68. The maximum absolute atomic E-state index is 6.59.